The molecule has 3 heterocycles. The van der Waals surface area contributed by atoms with E-state index in [-0.39, 0.29) is 36.5 Å². The normalized spacial score (nSPS) is 23.0. The van der Waals surface area contributed by atoms with Crippen molar-refractivity contribution >= 4 is 29.1 Å². The molecule has 1 aromatic heterocycles. The summed E-state index contributed by atoms with van der Waals surface area (Å²) in [5.41, 5.74) is -0.690. The number of hydrogen-bond acceptors (Lipinski definition) is 6. The van der Waals surface area contributed by atoms with Gasteiger partial charge >= 0.3 is 0 Å². The first-order valence-electron chi connectivity index (χ1n) is 10.8. The van der Waals surface area contributed by atoms with Crippen molar-refractivity contribution in [1.29, 1.82) is 0 Å². The molecular weight excluding hydrogens is 428 g/mol. The van der Waals surface area contributed by atoms with Crippen LogP contribution in [0.2, 0.25) is 0 Å². The Morgan fingerprint density at radius 3 is 2.53 bits per heavy atom. The van der Waals surface area contributed by atoms with Crippen LogP contribution in [0.3, 0.4) is 0 Å². The van der Waals surface area contributed by atoms with Crippen molar-refractivity contribution in [3.8, 4) is 5.75 Å². The number of aliphatic hydroxyl groups excluding tert-OH is 1. The largest absolute Gasteiger partial charge is 0.496 e. The molecule has 3 amide bonds. The summed E-state index contributed by atoms with van der Waals surface area (Å²) < 4.78 is 5.47. The van der Waals surface area contributed by atoms with Crippen LogP contribution in [0.4, 0.5) is 0 Å². The van der Waals surface area contributed by atoms with Crippen LogP contribution in [0.1, 0.15) is 42.2 Å². The predicted molar refractivity (Wildman–Crippen MR) is 120 cm³/mol. The van der Waals surface area contributed by atoms with Gasteiger partial charge in [0.1, 0.15) is 5.75 Å². The van der Waals surface area contributed by atoms with Crippen LogP contribution in [0.25, 0.3) is 0 Å². The average Bonchev–Trinajstić information content (AvgIpc) is 3.43. The zero-order chi connectivity index (χ0) is 22.9. The quantitative estimate of drug-likeness (QED) is 0.676. The molecule has 2 aromatic rings. The van der Waals surface area contributed by atoms with Crippen molar-refractivity contribution in [2.24, 2.45) is 5.92 Å². The lowest BCUT2D eigenvalue weighted by molar-refractivity contribution is -0.142. The third-order valence-electron chi connectivity index (χ3n) is 6.79. The van der Waals surface area contributed by atoms with Gasteiger partial charge in [-0.15, -0.1) is 11.3 Å². The first kappa shape index (κ1) is 22.5. The second-order valence-corrected chi connectivity index (χ2v) is 9.55. The number of aliphatic hydroxyl groups is 1. The van der Waals surface area contributed by atoms with E-state index in [0.717, 1.165) is 9.78 Å². The number of methoxy groups -OCH3 is 1. The maximum atomic E-state index is 13.3. The molecule has 0 aliphatic carbocycles. The molecule has 0 radical (unpaired) electrons. The van der Waals surface area contributed by atoms with E-state index in [2.05, 4.69) is 0 Å². The fourth-order valence-electron chi connectivity index (χ4n) is 4.90. The van der Waals surface area contributed by atoms with Gasteiger partial charge < -0.3 is 14.7 Å². The van der Waals surface area contributed by atoms with Crippen molar-refractivity contribution in [3.05, 3.63) is 52.2 Å². The number of carbonyl (C=O) groups is 3. The lowest BCUT2D eigenvalue weighted by Crippen LogP contribution is -2.45. The molecule has 2 fully saturated rings. The SMILES string of the molecule is COc1ccccc1C1(CC(=O)N2CCC(C(O)c3cccs3)CC2)CC(=O)N(C)C1=O. The van der Waals surface area contributed by atoms with E-state index >= 15 is 0 Å². The second kappa shape index (κ2) is 9.03. The van der Waals surface area contributed by atoms with Crippen molar-refractivity contribution in [3.63, 3.8) is 0 Å². The zero-order valence-electron chi connectivity index (χ0n) is 18.3. The molecular formula is C24H28N2O5S. The third-order valence-corrected chi connectivity index (χ3v) is 7.73. The first-order chi connectivity index (χ1) is 15.4. The zero-order valence-corrected chi connectivity index (χ0v) is 19.1. The lowest BCUT2D eigenvalue weighted by Gasteiger charge is -2.36. The summed E-state index contributed by atoms with van der Waals surface area (Å²) in [6, 6.07) is 11.0. The van der Waals surface area contributed by atoms with Gasteiger partial charge in [-0.05, 0) is 36.3 Å². The number of para-hydroxylation sites is 1. The number of thiophene rings is 1. The van der Waals surface area contributed by atoms with Crippen LogP contribution in [-0.4, -0.2) is 59.9 Å². The molecule has 170 valence electrons. The molecule has 1 aromatic carbocycles. The number of likely N-dealkylation sites (N-methyl/N-ethyl adjacent to an activating group) is 1. The van der Waals surface area contributed by atoms with E-state index in [4.69, 9.17) is 4.74 Å². The maximum absolute atomic E-state index is 13.3. The van der Waals surface area contributed by atoms with Crippen molar-refractivity contribution < 1.29 is 24.2 Å². The minimum Gasteiger partial charge on any atom is -0.496 e. The highest BCUT2D eigenvalue weighted by molar-refractivity contribution is 7.10. The van der Waals surface area contributed by atoms with Crippen molar-refractivity contribution in [2.75, 3.05) is 27.2 Å². The number of nitrogens with zero attached hydrogens (tertiary/aromatic N) is 2. The van der Waals surface area contributed by atoms with Gasteiger partial charge in [0.15, 0.2) is 0 Å². The van der Waals surface area contributed by atoms with Gasteiger partial charge in [0, 0.05) is 43.4 Å². The average molecular weight is 457 g/mol. The lowest BCUT2D eigenvalue weighted by atomic mass is 9.75. The first-order valence-corrected chi connectivity index (χ1v) is 11.7. The Bertz CT molecular complexity index is 1000. The summed E-state index contributed by atoms with van der Waals surface area (Å²) in [4.78, 5) is 42.9. The molecule has 8 heteroatoms. The van der Waals surface area contributed by atoms with E-state index in [1.807, 2.05) is 17.5 Å². The smallest absolute Gasteiger partial charge is 0.240 e. The highest BCUT2D eigenvalue weighted by Gasteiger charge is 2.54. The Balaban J connectivity index is 1.52. The van der Waals surface area contributed by atoms with Gasteiger partial charge in [-0.1, -0.05) is 24.3 Å². The molecule has 2 atom stereocenters. The second-order valence-electron chi connectivity index (χ2n) is 8.57. The van der Waals surface area contributed by atoms with Crippen molar-refractivity contribution in [1.82, 2.24) is 9.80 Å². The number of carbonyl (C=O) groups excluding carboxylic acids is 3. The number of imide groups is 1. The van der Waals surface area contributed by atoms with Crippen LogP contribution >= 0.6 is 11.3 Å². The fraction of sp³-hybridized carbons (Fsp3) is 0.458. The third kappa shape index (κ3) is 3.93. The topological polar surface area (TPSA) is 87.2 Å². The monoisotopic (exact) mass is 456 g/mol. The molecule has 0 saturated carbocycles. The molecule has 7 nitrogen and oxygen atoms in total. The van der Waals surface area contributed by atoms with Crippen LogP contribution in [0, 0.1) is 5.92 Å². The Kier molecular flexibility index (Phi) is 6.35. The van der Waals surface area contributed by atoms with Gasteiger partial charge in [0.2, 0.25) is 17.7 Å². The molecule has 2 aliphatic heterocycles. The van der Waals surface area contributed by atoms with Gasteiger partial charge in [-0.2, -0.15) is 0 Å². The highest BCUT2D eigenvalue weighted by atomic mass is 32.1. The number of hydrogen-bond donors (Lipinski definition) is 1. The van der Waals surface area contributed by atoms with Gasteiger partial charge in [0.05, 0.1) is 18.6 Å². The predicted octanol–water partition coefficient (Wildman–Crippen LogP) is 2.75. The van der Waals surface area contributed by atoms with Crippen LogP contribution in [0.15, 0.2) is 41.8 Å². The van der Waals surface area contributed by atoms with Crippen LogP contribution in [0.5, 0.6) is 5.75 Å². The molecule has 4 rings (SSSR count). The fourth-order valence-corrected chi connectivity index (χ4v) is 5.70. The summed E-state index contributed by atoms with van der Waals surface area (Å²) in [5.74, 6) is -0.234. The standard InChI is InChI=1S/C24H28N2O5S/c1-25-20(27)14-24(23(25)30,17-6-3-4-7-18(17)31-2)15-21(28)26-11-9-16(10-12-26)22(29)19-8-5-13-32-19/h3-8,13,16,22,29H,9-12,14-15H2,1-2H3. The molecule has 0 spiro atoms. The van der Waals surface area contributed by atoms with Gasteiger partial charge in [0.25, 0.3) is 0 Å². The van der Waals surface area contributed by atoms with Crippen molar-refractivity contribution in [2.45, 2.75) is 37.2 Å². The van der Waals surface area contributed by atoms with E-state index in [9.17, 15) is 19.5 Å². The van der Waals surface area contributed by atoms with Gasteiger partial charge in [-0.25, -0.2) is 0 Å². The Labute approximate surface area is 191 Å². The molecule has 2 unspecified atom stereocenters. The minimum absolute atomic E-state index is 0.0536. The van der Waals surface area contributed by atoms with E-state index < -0.39 is 11.5 Å². The van der Waals surface area contributed by atoms with Gasteiger partial charge in [-0.3, -0.25) is 19.3 Å². The summed E-state index contributed by atoms with van der Waals surface area (Å²) in [5, 5.41) is 12.6. The molecule has 1 N–H and O–H groups in total. The number of benzene rings is 1. The van der Waals surface area contributed by atoms with E-state index in [1.54, 1.807) is 29.2 Å². The molecule has 2 aliphatic rings. The van der Waals surface area contributed by atoms with E-state index in [0.29, 0.717) is 37.2 Å². The van der Waals surface area contributed by atoms with E-state index in [1.165, 1.54) is 25.5 Å². The summed E-state index contributed by atoms with van der Waals surface area (Å²) >= 11 is 1.54. The molecule has 0 bridgehead atoms. The van der Waals surface area contributed by atoms with Crippen LogP contribution < -0.4 is 4.74 Å². The molecule has 32 heavy (non-hydrogen) atoms. The number of amides is 3. The summed E-state index contributed by atoms with van der Waals surface area (Å²) in [6.45, 7) is 1.04. The number of ether oxygens (including phenoxy) is 1. The van der Waals surface area contributed by atoms with Crippen LogP contribution in [-0.2, 0) is 19.8 Å². The maximum Gasteiger partial charge on any atom is 0.240 e. The number of rotatable bonds is 6. The molecule has 2 saturated heterocycles. The number of likely N-dealkylation sites (tertiary alicyclic amines) is 2. The Morgan fingerprint density at radius 1 is 1.22 bits per heavy atom. The highest BCUT2D eigenvalue weighted by Crippen LogP contribution is 2.44. The Morgan fingerprint density at radius 2 is 1.94 bits per heavy atom. The Hall–Kier alpha value is -2.71. The summed E-state index contributed by atoms with van der Waals surface area (Å²) in [6.07, 6.45) is 0.732. The summed E-state index contributed by atoms with van der Waals surface area (Å²) in [7, 11) is 2.98. The number of piperidine rings is 1. The minimum atomic E-state index is -1.26.